The minimum absolute atomic E-state index is 0.00738. The Morgan fingerprint density at radius 3 is 2.62 bits per heavy atom. The lowest BCUT2D eigenvalue weighted by molar-refractivity contribution is -0.145. The molecule has 118 valence electrons. The minimum Gasteiger partial charge on any atom is -0.474 e. The molecule has 0 amide bonds. The van der Waals surface area contributed by atoms with Crippen LogP contribution in [-0.4, -0.2) is 23.1 Å². The van der Waals surface area contributed by atoms with Crippen LogP contribution in [0.5, 0.6) is 5.88 Å². The first-order chi connectivity index (χ1) is 9.94. The second kappa shape index (κ2) is 6.49. The van der Waals surface area contributed by atoms with E-state index >= 15 is 0 Å². The third-order valence-corrected chi connectivity index (χ3v) is 3.85. The summed E-state index contributed by atoms with van der Waals surface area (Å²) in [4.78, 5) is 6.95. The molecule has 1 aromatic rings. The summed E-state index contributed by atoms with van der Waals surface area (Å²) in [5, 5.41) is 2.61. The van der Waals surface area contributed by atoms with E-state index in [9.17, 15) is 13.2 Å². The molecule has 1 heterocycles. The number of nitrogens with one attached hydrogen (secondary N) is 1. The molecule has 0 saturated heterocycles. The van der Waals surface area contributed by atoms with Gasteiger partial charge in [0, 0.05) is 13.1 Å². The second-order valence-corrected chi connectivity index (χ2v) is 5.27. The van der Waals surface area contributed by atoms with E-state index < -0.39 is 12.0 Å². The summed E-state index contributed by atoms with van der Waals surface area (Å²) in [6.45, 7) is 2.08. The van der Waals surface area contributed by atoms with Crippen molar-refractivity contribution in [1.82, 2.24) is 9.97 Å². The van der Waals surface area contributed by atoms with E-state index in [4.69, 9.17) is 4.74 Å². The Kier molecular flexibility index (Phi) is 4.90. The van der Waals surface area contributed by atoms with E-state index in [2.05, 4.69) is 22.2 Å². The number of hydrogen-bond donors (Lipinski definition) is 1. The molecule has 1 aromatic heterocycles. The zero-order valence-electron chi connectivity index (χ0n) is 12.2. The van der Waals surface area contributed by atoms with Crippen molar-refractivity contribution >= 4 is 5.82 Å². The van der Waals surface area contributed by atoms with Gasteiger partial charge in [-0.3, -0.25) is 0 Å². The van der Waals surface area contributed by atoms with Gasteiger partial charge in [-0.25, -0.2) is 4.98 Å². The molecular weight excluding hydrogens is 283 g/mol. The number of nitrogens with zero attached hydrogens (tertiary/aromatic N) is 2. The van der Waals surface area contributed by atoms with Gasteiger partial charge in [-0.2, -0.15) is 18.2 Å². The Morgan fingerprint density at radius 1 is 1.29 bits per heavy atom. The van der Waals surface area contributed by atoms with E-state index in [1.807, 2.05) is 0 Å². The quantitative estimate of drug-likeness (QED) is 0.917. The molecule has 2 atom stereocenters. The smallest absolute Gasteiger partial charge is 0.451 e. The molecule has 2 rings (SSSR count). The highest BCUT2D eigenvalue weighted by molar-refractivity contribution is 5.38. The molecular formula is C14H20F3N3O. The summed E-state index contributed by atoms with van der Waals surface area (Å²) in [5.41, 5.74) is 0. The number of rotatable bonds is 4. The SMILES string of the molecule is CCC1CCCCC1Oc1cc(NC)nc(C(F)(F)F)n1. The highest BCUT2D eigenvalue weighted by atomic mass is 19.4. The summed E-state index contributed by atoms with van der Waals surface area (Å²) in [6, 6.07) is 1.41. The van der Waals surface area contributed by atoms with Gasteiger partial charge in [0.1, 0.15) is 11.9 Å². The van der Waals surface area contributed by atoms with Gasteiger partial charge in [0.15, 0.2) is 0 Å². The van der Waals surface area contributed by atoms with Gasteiger partial charge in [-0.15, -0.1) is 0 Å². The summed E-state index contributed by atoms with van der Waals surface area (Å²) in [5.74, 6) is -0.697. The van der Waals surface area contributed by atoms with Gasteiger partial charge >= 0.3 is 6.18 Å². The highest BCUT2D eigenvalue weighted by Gasteiger charge is 2.36. The average Bonchev–Trinajstić information content (AvgIpc) is 2.46. The van der Waals surface area contributed by atoms with Gasteiger partial charge in [-0.05, 0) is 31.6 Å². The van der Waals surface area contributed by atoms with Crippen LogP contribution in [0, 0.1) is 5.92 Å². The fraction of sp³-hybridized carbons (Fsp3) is 0.714. The maximum Gasteiger partial charge on any atom is 0.451 e. The number of hydrogen-bond acceptors (Lipinski definition) is 4. The predicted octanol–water partition coefficient (Wildman–Crippen LogP) is 3.88. The zero-order chi connectivity index (χ0) is 15.5. The summed E-state index contributed by atoms with van der Waals surface area (Å²) in [6.07, 6.45) is 0.414. The van der Waals surface area contributed by atoms with Crippen LogP contribution < -0.4 is 10.1 Å². The van der Waals surface area contributed by atoms with Crippen molar-refractivity contribution in [2.45, 2.75) is 51.3 Å². The van der Waals surface area contributed by atoms with Crippen molar-refractivity contribution in [3.05, 3.63) is 11.9 Å². The molecule has 0 aromatic carbocycles. The molecule has 7 heteroatoms. The topological polar surface area (TPSA) is 47.0 Å². The molecule has 1 aliphatic carbocycles. The Balaban J connectivity index is 2.22. The molecule has 0 radical (unpaired) electrons. The lowest BCUT2D eigenvalue weighted by Gasteiger charge is -2.30. The number of aromatic nitrogens is 2. The van der Waals surface area contributed by atoms with Gasteiger partial charge in [0.25, 0.3) is 0 Å². The first-order valence-electron chi connectivity index (χ1n) is 7.24. The molecule has 21 heavy (non-hydrogen) atoms. The fourth-order valence-corrected chi connectivity index (χ4v) is 2.69. The Morgan fingerprint density at radius 2 is 2.00 bits per heavy atom. The third-order valence-electron chi connectivity index (χ3n) is 3.85. The van der Waals surface area contributed by atoms with Crippen molar-refractivity contribution in [2.24, 2.45) is 5.92 Å². The van der Waals surface area contributed by atoms with E-state index in [0.717, 1.165) is 32.1 Å². The van der Waals surface area contributed by atoms with Gasteiger partial charge in [0.05, 0.1) is 0 Å². The van der Waals surface area contributed by atoms with E-state index in [0.29, 0.717) is 5.92 Å². The van der Waals surface area contributed by atoms with Crippen LogP contribution in [-0.2, 0) is 6.18 Å². The molecule has 1 N–H and O–H groups in total. The number of anilines is 1. The normalized spacial score (nSPS) is 22.9. The Hall–Kier alpha value is -1.53. The van der Waals surface area contributed by atoms with Crippen molar-refractivity contribution in [1.29, 1.82) is 0 Å². The summed E-state index contributed by atoms with van der Waals surface area (Å²) in [7, 11) is 1.52. The highest BCUT2D eigenvalue weighted by Crippen LogP contribution is 2.32. The number of alkyl halides is 3. The van der Waals surface area contributed by atoms with Crippen LogP contribution in [0.2, 0.25) is 0 Å². The Bertz CT molecular complexity index is 479. The van der Waals surface area contributed by atoms with E-state index in [1.165, 1.54) is 13.1 Å². The van der Waals surface area contributed by atoms with Crippen LogP contribution in [0.1, 0.15) is 44.9 Å². The molecule has 0 spiro atoms. The molecule has 0 bridgehead atoms. The van der Waals surface area contributed by atoms with Crippen LogP contribution in [0.15, 0.2) is 6.07 Å². The molecule has 1 saturated carbocycles. The first-order valence-corrected chi connectivity index (χ1v) is 7.24. The van der Waals surface area contributed by atoms with Crippen molar-refractivity contribution < 1.29 is 17.9 Å². The largest absolute Gasteiger partial charge is 0.474 e. The summed E-state index contributed by atoms with van der Waals surface area (Å²) < 4.78 is 44.1. The number of halogens is 3. The monoisotopic (exact) mass is 303 g/mol. The van der Waals surface area contributed by atoms with Crippen LogP contribution in [0.4, 0.5) is 19.0 Å². The van der Waals surface area contributed by atoms with Gasteiger partial charge in [0.2, 0.25) is 11.7 Å². The standard InChI is InChI=1S/C14H20F3N3O/c1-3-9-6-4-5-7-10(9)21-12-8-11(18-2)19-13(20-12)14(15,16)17/h8-10H,3-7H2,1-2H3,(H,18,19,20). The summed E-state index contributed by atoms with van der Waals surface area (Å²) >= 11 is 0. The van der Waals surface area contributed by atoms with Crippen molar-refractivity contribution in [2.75, 3.05) is 12.4 Å². The maximum atomic E-state index is 12.8. The van der Waals surface area contributed by atoms with Crippen LogP contribution in [0.3, 0.4) is 0 Å². The third kappa shape index (κ3) is 3.98. The number of ether oxygens (including phenoxy) is 1. The van der Waals surface area contributed by atoms with Crippen molar-refractivity contribution in [3.8, 4) is 5.88 Å². The average molecular weight is 303 g/mol. The van der Waals surface area contributed by atoms with Gasteiger partial charge in [-0.1, -0.05) is 13.3 Å². The molecule has 1 aliphatic rings. The second-order valence-electron chi connectivity index (χ2n) is 5.27. The molecule has 2 unspecified atom stereocenters. The maximum absolute atomic E-state index is 12.8. The lowest BCUT2D eigenvalue weighted by atomic mass is 9.85. The van der Waals surface area contributed by atoms with Crippen LogP contribution >= 0.6 is 0 Å². The molecule has 1 fully saturated rings. The molecule has 4 nitrogen and oxygen atoms in total. The minimum atomic E-state index is -4.58. The van der Waals surface area contributed by atoms with Crippen molar-refractivity contribution in [3.63, 3.8) is 0 Å². The predicted molar refractivity (Wildman–Crippen MR) is 73.2 cm³/mol. The van der Waals surface area contributed by atoms with E-state index in [-0.39, 0.29) is 17.8 Å². The lowest BCUT2D eigenvalue weighted by Crippen LogP contribution is -2.30. The molecule has 0 aliphatic heterocycles. The first kappa shape index (κ1) is 15.9. The van der Waals surface area contributed by atoms with E-state index in [1.54, 1.807) is 0 Å². The van der Waals surface area contributed by atoms with Gasteiger partial charge < -0.3 is 10.1 Å². The Labute approximate surface area is 122 Å². The van der Waals surface area contributed by atoms with Crippen LogP contribution in [0.25, 0.3) is 0 Å². The fourth-order valence-electron chi connectivity index (χ4n) is 2.69. The zero-order valence-corrected chi connectivity index (χ0v) is 12.2.